The maximum Gasteiger partial charge on any atom is 0.248 e. The molecule has 0 aromatic carbocycles. The summed E-state index contributed by atoms with van der Waals surface area (Å²) < 4.78 is 0. The zero-order chi connectivity index (χ0) is 11.4. The molecule has 1 aromatic rings. The van der Waals surface area contributed by atoms with Crippen molar-refractivity contribution in [2.24, 2.45) is 5.73 Å². The summed E-state index contributed by atoms with van der Waals surface area (Å²) in [6.45, 7) is 3.69. The minimum Gasteiger partial charge on any atom is -0.381 e. The molecule has 0 radical (unpaired) electrons. The number of carbonyl (C=O) groups excluding carboxylic acids is 1. The molecule has 6 heteroatoms. The average Bonchev–Trinajstić information content (AvgIpc) is 2.12. The van der Waals surface area contributed by atoms with Gasteiger partial charge in [0.2, 0.25) is 11.9 Å². The van der Waals surface area contributed by atoms with E-state index in [9.17, 15) is 4.79 Å². The highest BCUT2D eigenvalue weighted by Gasteiger charge is 2.10. The van der Waals surface area contributed by atoms with Gasteiger partial charge in [0.15, 0.2) is 0 Å². The molecule has 1 aromatic heterocycles. The lowest BCUT2D eigenvalue weighted by molar-refractivity contribution is -0.125. The Bertz CT molecular complexity index is 347. The van der Waals surface area contributed by atoms with E-state index >= 15 is 0 Å². The van der Waals surface area contributed by atoms with E-state index in [0.29, 0.717) is 5.95 Å². The van der Waals surface area contributed by atoms with Crippen molar-refractivity contribution in [3.63, 3.8) is 0 Å². The summed E-state index contributed by atoms with van der Waals surface area (Å²) in [5.74, 6) is -0.389. The molecule has 0 bridgehead atoms. The molecule has 1 atom stereocenters. The zero-order valence-electron chi connectivity index (χ0n) is 8.69. The zero-order valence-corrected chi connectivity index (χ0v) is 8.69. The number of aliphatic hydroxyl groups is 1. The number of aryl methyl sites for hydroxylation is 2. The maximum atomic E-state index is 10.5. The summed E-state index contributed by atoms with van der Waals surface area (Å²) >= 11 is 0. The van der Waals surface area contributed by atoms with Gasteiger partial charge >= 0.3 is 0 Å². The molecule has 0 saturated carbocycles. The third kappa shape index (κ3) is 3.51. The second-order valence-electron chi connectivity index (χ2n) is 3.27. The molecule has 0 spiro atoms. The Morgan fingerprint density at radius 3 is 2.53 bits per heavy atom. The Labute approximate surface area is 87.5 Å². The molecule has 82 valence electrons. The number of hydrogen-bond acceptors (Lipinski definition) is 5. The van der Waals surface area contributed by atoms with Gasteiger partial charge in [-0.2, -0.15) is 0 Å². The van der Waals surface area contributed by atoms with Crippen molar-refractivity contribution in [1.29, 1.82) is 0 Å². The van der Waals surface area contributed by atoms with Crippen molar-refractivity contribution in [2.45, 2.75) is 20.0 Å². The van der Waals surface area contributed by atoms with Gasteiger partial charge in [-0.15, -0.1) is 0 Å². The number of nitrogens with one attached hydrogen (secondary N) is 1. The van der Waals surface area contributed by atoms with Crippen LogP contribution in [-0.4, -0.2) is 33.6 Å². The monoisotopic (exact) mass is 210 g/mol. The normalized spacial score (nSPS) is 12.2. The molecule has 1 heterocycles. The van der Waals surface area contributed by atoms with Gasteiger partial charge in [0.05, 0.1) is 6.54 Å². The number of nitrogens with zero attached hydrogens (tertiary/aromatic N) is 2. The van der Waals surface area contributed by atoms with E-state index in [2.05, 4.69) is 15.3 Å². The molecular weight excluding hydrogens is 196 g/mol. The van der Waals surface area contributed by atoms with E-state index in [1.807, 2.05) is 19.9 Å². The number of anilines is 1. The predicted molar refractivity (Wildman–Crippen MR) is 55.2 cm³/mol. The summed E-state index contributed by atoms with van der Waals surface area (Å²) in [5, 5.41) is 11.9. The molecule has 1 unspecified atom stereocenters. The highest BCUT2D eigenvalue weighted by atomic mass is 16.3. The van der Waals surface area contributed by atoms with E-state index in [-0.39, 0.29) is 6.54 Å². The number of nitrogens with two attached hydrogens (primary N) is 1. The first-order chi connectivity index (χ1) is 6.99. The van der Waals surface area contributed by atoms with Crippen molar-refractivity contribution in [3.05, 3.63) is 17.5 Å². The Morgan fingerprint density at radius 2 is 2.07 bits per heavy atom. The van der Waals surface area contributed by atoms with E-state index in [1.54, 1.807) is 0 Å². The Balaban J connectivity index is 2.61. The van der Waals surface area contributed by atoms with Gasteiger partial charge in [0.25, 0.3) is 0 Å². The van der Waals surface area contributed by atoms with Crippen LogP contribution in [0.15, 0.2) is 6.07 Å². The molecule has 1 rings (SSSR count). The van der Waals surface area contributed by atoms with Gasteiger partial charge in [-0.05, 0) is 19.9 Å². The summed E-state index contributed by atoms with van der Waals surface area (Å²) in [6.07, 6.45) is -1.23. The summed E-state index contributed by atoms with van der Waals surface area (Å²) in [6, 6.07) is 1.83. The van der Waals surface area contributed by atoms with Crippen LogP contribution < -0.4 is 11.1 Å². The lowest BCUT2D eigenvalue weighted by Crippen LogP contribution is -2.34. The minimum absolute atomic E-state index is 0.0121. The van der Waals surface area contributed by atoms with E-state index in [1.165, 1.54) is 0 Å². The van der Waals surface area contributed by atoms with Crippen LogP contribution in [0.25, 0.3) is 0 Å². The molecule has 0 aliphatic carbocycles. The van der Waals surface area contributed by atoms with Crippen LogP contribution in [0.2, 0.25) is 0 Å². The fourth-order valence-electron chi connectivity index (χ4n) is 1.09. The maximum absolute atomic E-state index is 10.5. The number of rotatable bonds is 4. The molecule has 4 N–H and O–H groups in total. The topological polar surface area (TPSA) is 101 Å². The van der Waals surface area contributed by atoms with Crippen molar-refractivity contribution >= 4 is 11.9 Å². The molecule has 6 nitrogen and oxygen atoms in total. The fourth-order valence-corrected chi connectivity index (χ4v) is 1.09. The van der Waals surface area contributed by atoms with Gasteiger partial charge in [-0.3, -0.25) is 4.79 Å². The fraction of sp³-hybridized carbons (Fsp3) is 0.444. The van der Waals surface area contributed by atoms with E-state index in [0.717, 1.165) is 11.4 Å². The standard InChI is InChI=1S/C9H14N4O2/c1-5-3-6(2)13-9(12-5)11-4-7(14)8(10)15/h3,7,14H,4H2,1-2H3,(H2,10,15)(H,11,12,13). The highest BCUT2D eigenvalue weighted by molar-refractivity contribution is 5.79. The SMILES string of the molecule is Cc1cc(C)nc(NCC(O)C(N)=O)n1. The summed E-state index contributed by atoms with van der Waals surface area (Å²) in [7, 11) is 0. The molecular formula is C9H14N4O2. The van der Waals surface area contributed by atoms with E-state index in [4.69, 9.17) is 10.8 Å². The van der Waals surface area contributed by atoms with Crippen molar-refractivity contribution in [2.75, 3.05) is 11.9 Å². The third-order valence-corrected chi connectivity index (χ3v) is 1.76. The molecule has 0 aliphatic heterocycles. The van der Waals surface area contributed by atoms with Crippen LogP contribution in [0.4, 0.5) is 5.95 Å². The van der Waals surface area contributed by atoms with Crippen LogP contribution in [-0.2, 0) is 4.79 Å². The summed E-state index contributed by atoms with van der Waals surface area (Å²) in [4.78, 5) is 18.7. The third-order valence-electron chi connectivity index (χ3n) is 1.76. The smallest absolute Gasteiger partial charge is 0.248 e. The molecule has 0 saturated heterocycles. The van der Waals surface area contributed by atoms with Gasteiger partial charge < -0.3 is 16.2 Å². The van der Waals surface area contributed by atoms with Crippen LogP contribution in [0, 0.1) is 13.8 Å². The number of hydrogen-bond donors (Lipinski definition) is 3. The van der Waals surface area contributed by atoms with Crippen molar-refractivity contribution in [1.82, 2.24) is 9.97 Å². The average molecular weight is 210 g/mol. The van der Waals surface area contributed by atoms with E-state index < -0.39 is 12.0 Å². The number of aromatic nitrogens is 2. The van der Waals surface area contributed by atoms with Crippen LogP contribution in [0.1, 0.15) is 11.4 Å². The van der Waals surface area contributed by atoms with Gasteiger partial charge in [-0.25, -0.2) is 9.97 Å². The Morgan fingerprint density at radius 1 is 1.53 bits per heavy atom. The Kier molecular flexibility index (Phi) is 3.56. The minimum atomic E-state index is -1.23. The van der Waals surface area contributed by atoms with Gasteiger partial charge in [0, 0.05) is 11.4 Å². The number of carbonyl (C=O) groups is 1. The van der Waals surface area contributed by atoms with Crippen LogP contribution in [0.5, 0.6) is 0 Å². The Hall–Kier alpha value is -1.69. The predicted octanol–water partition coefficient (Wildman–Crippen LogP) is -0.648. The molecule has 0 fully saturated rings. The second-order valence-corrected chi connectivity index (χ2v) is 3.27. The van der Waals surface area contributed by atoms with Gasteiger partial charge in [0.1, 0.15) is 6.10 Å². The largest absolute Gasteiger partial charge is 0.381 e. The van der Waals surface area contributed by atoms with Crippen LogP contribution >= 0.6 is 0 Å². The van der Waals surface area contributed by atoms with Crippen molar-refractivity contribution < 1.29 is 9.90 Å². The lowest BCUT2D eigenvalue weighted by atomic mass is 10.3. The molecule has 1 amide bonds. The molecule has 0 aliphatic rings. The first-order valence-corrected chi connectivity index (χ1v) is 4.52. The lowest BCUT2D eigenvalue weighted by Gasteiger charge is -2.08. The van der Waals surface area contributed by atoms with Crippen LogP contribution in [0.3, 0.4) is 0 Å². The second kappa shape index (κ2) is 4.70. The van der Waals surface area contributed by atoms with Crippen molar-refractivity contribution in [3.8, 4) is 0 Å². The number of primary amides is 1. The first-order valence-electron chi connectivity index (χ1n) is 4.52. The highest BCUT2D eigenvalue weighted by Crippen LogP contribution is 2.03. The number of amides is 1. The number of aliphatic hydroxyl groups excluding tert-OH is 1. The van der Waals surface area contributed by atoms with Gasteiger partial charge in [-0.1, -0.05) is 0 Å². The molecule has 15 heavy (non-hydrogen) atoms. The quantitative estimate of drug-likeness (QED) is 0.613. The first kappa shape index (κ1) is 11.4. The summed E-state index contributed by atoms with van der Waals surface area (Å²) in [5.41, 5.74) is 6.53.